The predicted octanol–water partition coefficient (Wildman–Crippen LogP) is 4.00. The monoisotopic (exact) mass is 482 g/mol. The molecule has 0 fully saturated rings. The van der Waals surface area contributed by atoms with Crippen LogP contribution in [0.25, 0.3) is 11.0 Å². The molecule has 4 rings (SSSR count). The molecule has 9 heteroatoms. The van der Waals surface area contributed by atoms with Gasteiger partial charge in [0.2, 0.25) is 15.9 Å². The SMILES string of the molecule is CC(=O)c1ccc(S(=O)(=O)N(C)CCCC(=O)Nc2ccc3c(c2)nc2n3CCCCC2)cc1. The number of hydrogen-bond acceptors (Lipinski definition) is 5. The maximum absolute atomic E-state index is 12.7. The number of nitrogens with zero attached hydrogens (tertiary/aromatic N) is 3. The van der Waals surface area contributed by atoms with Gasteiger partial charge in [0.15, 0.2) is 5.78 Å². The number of ketones is 1. The van der Waals surface area contributed by atoms with Crippen LogP contribution in [0, 0.1) is 0 Å². The maximum Gasteiger partial charge on any atom is 0.242 e. The van der Waals surface area contributed by atoms with E-state index in [9.17, 15) is 18.0 Å². The second-order valence-corrected chi connectivity index (χ2v) is 10.8. The van der Waals surface area contributed by atoms with Gasteiger partial charge in [0.05, 0.1) is 15.9 Å². The molecule has 1 aliphatic rings. The number of carbonyl (C=O) groups excluding carboxylic acids is 2. The second kappa shape index (κ2) is 10.1. The van der Waals surface area contributed by atoms with Crippen LogP contribution in [0.5, 0.6) is 0 Å². The highest BCUT2D eigenvalue weighted by Crippen LogP contribution is 2.24. The van der Waals surface area contributed by atoms with Gasteiger partial charge in [0, 0.05) is 44.2 Å². The van der Waals surface area contributed by atoms with E-state index in [1.807, 2.05) is 18.2 Å². The molecule has 34 heavy (non-hydrogen) atoms. The lowest BCUT2D eigenvalue weighted by molar-refractivity contribution is -0.116. The van der Waals surface area contributed by atoms with Crippen molar-refractivity contribution in [1.82, 2.24) is 13.9 Å². The third-order valence-electron chi connectivity index (χ3n) is 6.24. The first-order valence-electron chi connectivity index (χ1n) is 11.6. The lowest BCUT2D eigenvalue weighted by Gasteiger charge is -2.17. The first kappa shape index (κ1) is 24.1. The van der Waals surface area contributed by atoms with E-state index < -0.39 is 10.0 Å². The molecule has 0 atom stereocenters. The maximum atomic E-state index is 12.7. The summed E-state index contributed by atoms with van der Waals surface area (Å²) in [5.74, 6) is 0.818. The lowest BCUT2D eigenvalue weighted by atomic mass is 10.2. The summed E-state index contributed by atoms with van der Waals surface area (Å²) in [5, 5.41) is 2.90. The first-order valence-corrected chi connectivity index (χ1v) is 13.1. The zero-order valence-electron chi connectivity index (χ0n) is 19.6. The molecule has 180 valence electrons. The van der Waals surface area contributed by atoms with Gasteiger partial charge < -0.3 is 9.88 Å². The summed E-state index contributed by atoms with van der Waals surface area (Å²) in [5.41, 5.74) is 3.13. The van der Waals surface area contributed by atoms with Gasteiger partial charge in [-0.15, -0.1) is 0 Å². The molecule has 1 N–H and O–H groups in total. The zero-order valence-corrected chi connectivity index (χ0v) is 20.4. The Bertz CT molecular complexity index is 1310. The quantitative estimate of drug-likeness (QED) is 0.489. The average Bonchev–Trinajstić information content (AvgIpc) is 2.98. The Morgan fingerprint density at radius 2 is 1.85 bits per heavy atom. The fourth-order valence-corrected chi connectivity index (χ4v) is 5.48. The van der Waals surface area contributed by atoms with Crippen molar-refractivity contribution >= 4 is 38.4 Å². The molecular formula is C25H30N4O4S. The number of Topliss-reactive ketones (excluding diaryl/α,β-unsaturated/α-hetero) is 1. The van der Waals surface area contributed by atoms with E-state index in [4.69, 9.17) is 4.98 Å². The number of amides is 1. The Labute approximate surface area is 200 Å². The number of anilines is 1. The fraction of sp³-hybridized carbons (Fsp3) is 0.400. The average molecular weight is 483 g/mol. The molecule has 1 aliphatic heterocycles. The van der Waals surface area contributed by atoms with E-state index in [1.165, 1.54) is 49.0 Å². The summed E-state index contributed by atoms with van der Waals surface area (Å²) in [6.07, 6.45) is 5.09. The molecule has 0 unspecified atom stereocenters. The number of imidazole rings is 1. The Morgan fingerprint density at radius 3 is 2.59 bits per heavy atom. The standard InChI is InChI=1S/C25H30N4O4S/c1-18(30)19-9-12-21(13-10-19)34(32,33)28(2)15-6-8-25(31)26-20-11-14-23-22(17-20)27-24-7-4-3-5-16-29(23)24/h9-14,17H,3-8,15-16H2,1-2H3,(H,26,31). The van der Waals surface area contributed by atoms with Crippen molar-refractivity contribution in [3.05, 3.63) is 53.9 Å². The van der Waals surface area contributed by atoms with Crippen molar-refractivity contribution in [2.75, 3.05) is 18.9 Å². The Kier molecular flexibility index (Phi) is 7.13. The molecule has 8 nitrogen and oxygen atoms in total. The van der Waals surface area contributed by atoms with Gasteiger partial charge in [-0.1, -0.05) is 18.6 Å². The third kappa shape index (κ3) is 5.20. The number of hydrogen-bond donors (Lipinski definition) is 1. The van der Waals surface area contributed by atoms with Crippen LogP contribution in [0.2, 0.25) is 0 Å². The first-order chi connectivity index (χ1) is 16.3. The molecule has 0 saturated carbocycles. The van der Waals surface area contributed by atoms with Gasteiger partial charge in [-0.3, -0.25) is 9.59 Å². The molecule has 2 heterocycles. The highest BCUT2D eigenvalue weighted by atomic mass is 32.2. The molecule has 1 amide bonds. The number of carbonyl (C=O) groups is 2. The second-order valence-electron chi connectivity index (χ2n) is 8.75. The summed E-state index contributed by atoms with van der Waals surface area (Å²) in [4.78, 5) is 28.7. The van der Waals surface area contributed by atoms with E-state index in [0.717, 1.165) is 42.7 Å². The van der Waals surface area contributed by atoms with E-state index >= 15 is 0 Å². The van der Waals surface area contributed by atoms with Crippen molar-refractivity contribution in [3.8, 4) is 0 Å². The smallest absolute Gasteiger partial charge is 0.242 e. The van der Waals surface area contributed by atoms with Crippen molar-refractivity contribution < 1.29 is 18.0 Å². The van der Waals surface area contributed by atoms with Crippen molar-refractivity contribution in [2.45, 2.75) is 56.9 Å². The summed E-state index contributed by atoms with van der Waals surface area (Å²) in [6, 6.07) is 11.7. The molecule has 3 aromatic rings. The van der Waals surface area contributed by atoms with Crippen LogP contribution in [-0.2, 0) is 27.8 Å². The van der Waals surface area contributed by atoms with Gasteiger partial charge in [-0.05, 0) is 56.5 Å². The molecule has 0 bridgehead atoms. The number of aromatic nitrogens is 2. The molecule has 0 saturated heterocycles. The number of aryl methyl sites for hydroxylation is 2. The molecule has 2 aromatic carbocycles. The molecule has 0 spiro atoms. The van der Waals surface area contributed by atoms with Gasteiger partial charge >= 0.3 is 0 Å². The number of rotatable bonds is 8. The van der Waals surface area contributed by atoms with Gasteiger partial charge in [0.1, 0.15) is 5.82 Å². The number of sulfonamides is 1. The van der Waals surface area contributed by atoms with Crippen LogP contribution in [0.4, 0.5) is 5.69 Å². The Hall–Kier alpha value is -3.04. The highest BCUT2D eigenvalue weighted by Gasteiger charge is 2.21. The summed E-state index contributed by atoms with van der Waals surface area (Å²) in [6.45, 7) is 2.62. The van der Waals surface area contributed by atoms with E-state index in [0.29, 0.717) is 17.7 Å². The zero-order chi connectivity index (χ0) is 24.3. The molecule has 1 aromatic heterocycles. The molecule has 0 radical (unpaired) electrons. The Balaban J connectivity index is 1.32. The fourth-order valence-electron chi connectivity index (χ4n) is 4.28. The van der Waals surface area contributed by atoms with Crippen LogP contribution in [0.1, 0.15) is 55.2 Å². The lowest BCUT2D eigenvalue weighted by Crippen LogP contribution is -2.28. The van der Waals surface area contributed by atoms with Crippen LogP contribution < -0.4 is 5.32 Å². The third-order valence-corrected chi connectivity index (χ3v) is 8.11. The highest BCUT2D eigenvalue weighted by molar-refractivity contribution is 7.89. The summed E-state index contributed by atoms with van der Waals surface area (Å²) < 4.78 is 29.0. The van der Waals surface area contributed by atoms with Crippen LogP contribution in [-0.4, -0.2) is 47.6 Å². The van der Waals surface area contributed by atoms with Crippen molar-refractivity contribution in [1.29, 1.82) is 0 Å². The van der Waals surface area contributed by atoms with Crippen molar-refractivity contribution in [3.63, 3.8) is 0 Å². The van der Waals surface area contributed by atoms with E-state index in [1.54, 1.807) is 0 Å². The van der Waals surface area contributed by atoms with Crippen LogP contribution in [0.3, 0.4) is 0 Å². The van der Waals surface area contributed by atoms with Crippen LogP contribution in [0.15, 0.2) is 47.4 Å². The number of benzene rings is 2. The number of fused-ring (bicyclic) bond motifs is 3. The molecular weight excluding hydrogens is 452 g/mol. The van der Waals surface area contributed by atoms with Gasteiger partial charge in [-0.25, -0.2) is 17.7 Å². The molecule has 0 aliphatic carbocycles. The summed E-state index contributed by atoms with van der Waals surface area (Å²) in [7, 11) is -2.20. The van der Waals surface area contributed by atoms with Crippen molar-refractivity contribution in [2.24, 2.45) is 0 Å². The predicted molar refractivity (Wildman–Crippen MR) is 131 cm³/mol. The minimum absolute atomic E-state index is 0.120. The Morgan fingerprint density at radius 1 is 1.09 bits per heavy atom. The van der Waals surface area contributed by atoms with E-state index in [-0.39, 0.29) is 29.6 Å². The topological polar surface area (TPSA) is 101 Å². The minimum Gasteiger partial charge on any atom is -0.328 e. The number of nitrogens with one attached hydrogen (secondary N) is 1. The van der Waals surface area contributed by atoms with Crippen LogP contribution >= 0.6 is 0 Å². The summed E-state index contributed by atoms with van der Waals surface area (Å²) >= 11 is 0. The minimum atomic E-state index is -3.69. The van der Waals surface area contributed by atoms with Gasteiger partial charge in [0.25, 0.3) is 0 Å². The normalized spacial score (nSPS) is 14.1. The largest absolute Gasteiger partial charge is 0.328 e. The van der Waals surface area contributed by atoms with Gasteiger partial charge in [-0.2, -0.15) is 0 Å². The van der Waals surface area contributed by atoms with E-state index in [2.05, 4.69) is 9.88 Å².